The molecule has 1 aromatic carbocycles. The standard InChI is InChI=1S/C15H16ClN3O3S/c1-4-22-13(20)12-9(3)17-15(23-12)19-14(21)18-11-8(2)6-5-7-10(11)16/h5-7H,4H2,1-3H3,(H2,17,18,19,21). The van der Waals surface area contributed by atoms with Crippen molar-refractivity contribution in [1.29, 1.82) is 0 Å². The second-order valence-electron chi connectivity index (χ2n) is 4.66. The van der Waals surface area contributed by atoms with Gasteiger partial charge in [-0.3, -0.25) is 5.32 Å². The Morgan fingerprint density at radius 3 is 2.70 bits per heavy atom. The predicted molar refractivity (Wildman–Crippen MR) is 91.6 cm³/mol. The lowest BCUT2D eigenvalue weighted by molar-refractivity contribution is 0.0531. The van der Waals surface area contributed by atoms with E-state index in [9.17, 15) is 9.59 Å². The summed E-state index contributed by atoms with van der Waals surface area (Å²) in [4.78, 5) is 28.3. The molecule has 6 nitrogen and oxygen atoms in total. The van der Waals surface area contributed by atoms with Gasteiger partial charge in [0.05, 0.1) is 23.0 Å². The van der Waals surface area contributed by atoms with Crippen LogP contribution in [0.25, 0.3) is 0 Å². The van der Waals surface area contributed by atoms with Gasteiger partial charge in [0.2, 0.25) is 0 Å². The number of ether oxygens (including phenoxy) is 1. The van der Waals surface area contributed by atoms with Crippen LogP contribution in [0, 0.1) is 13.8 Å². The number of amides is 2. The number of nitrogens with zero attached hydrogens (tertiary/aromatic N) is 1. The van der Waals surface area contributed by atoms with Gasteiger partial charge in [-0.25, -0.2) is 14.6 Å². The molecule has 8 heteroatoms. The Labute approximate surface area is 142 Å². The molecule has 2 N–H and O–H groups in total. The summed E-state index contributed by atoms with van der Waals surface area (Å²) >= 11 is 7.13. The van der Waals surface area contributed by atoms with E-state index in [4.69, 9.17) is 16.3 Å². The summed E-state index contributed by atoms with van der Waals surface area (Å²) < 4.78 is 4.94. The van der Waals surface area contributed by atoms with Crippen LogP contribution in [0.3, 0.4) is 0 Å². The zero-order valence-electron chi connectivity index (χ0n) is 12.9. The minimum Gasteiger partial charge on any atom is -0.462 e. The van der Waals surface area contributed by atoms with Crippen LogP contribution >= 0.6 is 22.9 Å². The highest BCUT2D eigenvalue weighted by Crippen LogP contribution is 2.26. The van der Waals surface area contributed by atoms with Crippen molar-refractivity contribution < 1.29 is 14.3 Å². The number of rotatable bonds is 4. The molecule has 0 bridgehead atoms. The molecule has 0 unspecified atom stereocenters. The van der Waals surface area contributed by atoms with Crippen molar-refractivity contribution in [2.24, 2.45) is 0 Å². The first-order valence-electron chi connectivity index (χ1n) is 6.90. The number of nitrogens with one attached hydrogen (secondary N) is 2. The topological polar surface area (TPSA) is 80.3 Å². The fraction of sp³-hybridized carbons (Fsp3) is 0.267. The zero-order valence-corrected chi connectivity index (χ0v) is 14.5. The number of thiazole rings is 1. The largest absolute Gasteiger partial charge is 0.462 e. The van der Waals surface area contributed by atoms with E-state index in [-0.39, 0.29) is 6.61 Å². The van der Waals surface area contributed by atoms with Gasteiger partial charge in [0.25, 0.3) is 0 Å². The summed E-state index contributed by atoms with van der Waals surface area (Å²) in [5.74, 6) is -0.446. The number of aryl methyl sites for hydroxylation is 2. The maximum absolute atomic E-state index is 12.1. The first kappa shape index (κ1) is 17.2. The third-order valence-corrected chi connectivity index (χ3v) is 4.31. The molecule has 0 aliphatic carbocycles. The second kappa shape index (κ2) is 7.43. The molecule has 0 atom stereocenters. The molecule has 23 heavy (non-hydrogen) atoms. The number of benzene rings is 1. The van der Waals surface area contributed by atoms with Crippen LogP contribution < -0.4 is 10.6 Å². The van der Waals surface area contributed by atoms with Gasteiger partial charge in [-0.05, 0) is 32.4 Å². The molecule has 1 aromatic heterocycles. The van der Waals surface area contributed by atoms with Crippen molar-refractivity contribution in [3.8, 4) is 0 Å². The highest BCUT2D eigenvalue weighted by molar-refractivity contribution is 7.17. The molecule has 1 heterocycles. The van der Waals surface area contributed by atoms with Gasteiger partial charge in [0, 0.05) is 0 Å². The summed E-state index contributed by atoms with van der Waals surface area (Å²) in [6.45, 7) is 5.54. The molecule has 2 amide bonds. The summed E-state index contributed by atoms with van der Waals surface area (Å²) in [6, 6.07) is 4.85. The van der Waals surface area contributed by atoms with Gasteiger partial charge in [0.1, 0.15) is 4.88 Å². The molecule has 2 rings (SSSR count). The Morgan fingerprint density at radius 1 is 1.30 bits per heavy atom. The van der Waals surface area contributed by atoms with Crippen LogP contribution in [0.4, 0.5) is 15.6 Å². The number of anilines is 2. The van der Waals surface area contributed by atoms with Crippen molar-refractivity contribution in [2.75, 3.05) is 17.2 Å². The van der Waals surface area contributed by atoms with Gasteiger partial charge in [-0.1, -0.05) is 35.1 Å². The maximum atomic E-state index is 12.1. The van der Waals surface area contributed by atoms with Crippen LogP contribution in [0.2, 0.25) is 5.02 Å². The number of hydrogen-bond donors (Lipinski definition) is 2. The highest BCUT2D eigenvalue weighted by Gasteiger charge is 2.18. The number of esters is 1. The lowest BCUT2D eigenvalue weighted by Gasteiger charge is -2.10. The summed E-state index contributed by atoms with van der Waals surface area (Å²) in [7, 11) is 0. The highest BCUT2D eigenvalue weighted by atomic mass is 35.5. The summed E-state index contributed by atoms with van der Waals surface area (Å²) in [5.41, 5.74) is 1.89. The average molecular weight is 354 g/mol. The molecule has 0 radical (unpaired) electrons. The van der Waals surface area contributed by atoms with Crippen LogP contribution in [-0.4, -0.2) is 23.6 Å². The summed E-state index contributed by atoms with van der Waals surface area (Å²) in [6.07, 6.45) is 0. The maximum Gasteiger partial charge on any atom is 0.350 e. The van der Waals surface area contributed by atoms with Gasteiger partial charge in [-0.2, -0.15) is 0 Å². The van der Waals surface area contributed by atoms with Crippen molar-refractivity contribution in [2.45, 2.75) is 20.8 Å². The number of aromatic nitrogens is 1. The monoisotopic (exact) mass is 353 g/mol. The second-order valence-corrected chi connectivity index (χ2v) is 6.07. The van der Waals surface area contributed by atoms with E-state index < -0.39 is 12.0 Å². The Bertz CT molecular complexity index is 725. The lowest BCUT2D eigenvalue weighted by atomic mass is 10.2. The summed E-state index contributed by atoms with van der Waals surface area (Å²) in [5, 5.41) is 6.03. The number of carbonyl (C=O) groups excluding carboxylic acids is 2. The molecular weight excluding hydrogens is 338 g/mol. The average Bonchev–Trinajstić information content (AvgIpc) is 2.84. The van der Waals surface area contributed by atoms with Crippen molar-refractivity contribution in [3.05, 3.63) is 39.4 Å². The van der Waals surface area contributed by atoms with Crippen molar-refractivity contribution in [3.63, 3.8) is 0 Å². The fourth-order valence-electron chi connectivity index (χ4n) is 1.87. The zero-order chi connectivity index (χ0) is 17.0. The van der Waals surface area contributed by atoms with Crippen LogP contribution in [-0.2, 0) is 4.74 Å². The molecule has 0 spiro atoms. The Kier molecular flexibility index (Phi) is 5.57. The minimum absolute atomic E-state index is 0.283. The first-order valence-corrected chi connectivity index (χ1v) is 8.09. The third-order valence-electron chi connectivity index (χ3n) is 2.94. The molecule has 0 aliphatic rings. The number of hydrogen-bond acceptors (Lipinski definition) is 5. The van der Waals surface area contributed by atoms with Gasteiger partial charge in [-0.15, -0.1) is 0 Å². The normalized spacial score (nSPS) is 10.3. The van der Waals surface area contributed by atoms with E-state index in [0.717, 1.165) is 16.9 Å². The number of para-hydroxylation sites is 1. The van der Waals surface area contributed by atoms with E-state index in [1.165, 1.54) is 0 Å². The smallest absolute Gasteiger partial charge is 0.350 e. The van der Waals surface area contributed by atoms with E-state index >= 15 is 0 Å². The first-order chi connectivity index (χ1) is 10.9. The van der Waals surface area contributed by atoms with Crippen molar-refractivity contribution >= 4 is 45.8 Å². The predicted octanol–water partition coefficient (Wildman–Crippen LogP) is 4.23. The molecule has 122 valence electrons. The molecule has 0 aliphatic heterocycles. The number of halogens is 1. The Morgan fingerprint density at radius 2 is 2.04 bits per heavy atom. The fourth-order valence-corrected chi connectivity index (χ4v) is 2.99. The Hall–Kier alpha value is -2.12. The molecule has 0 saturated carbocycles. The van der Waals surface area contributed by atoms with Gasteiger partial charge >= 0.3 is 12.0 Å². The van der Waals surface area contributed by atoms with Gasteiger partial charge < -0.3 is 10.1 Å². The van der Waals surface area contributed by atoms with E-state index in [0.29, 0.717) is 26.4 Å². The number of carbonyl (C=O) groups is 2. The SMILES string of the molecule is CCOC(=O)c1sc(NC(=O)Nc2c(C)cccc2Cl)nc1C. The quantitative estimate of drug-likeness (QED) is 0.806. The minimum atomic E-state index is -0.481. The van der Waals surface area contributed by atoms with Crippen LogP contribution in [0.1, 0.15) is 27.9 Å². The van der Waals surface area contributed by atoms with Gasteiger partial charge in [0.15, 0.2) is 5.13 Å². The molecule has 0 saturated heterocycles. The molecule has 0 fully saturated rings. The van der Waals surface area contributed by atoms with E-state index in [1.807, 2.05) is 13.0 Å². The van der Waals surface area contributed by atoms with E-state index in [2.05, 4.69) is 15.6 Å². The molecule has 2 aromatic rings. The Balaban J connectivity index is 2.09. The lowest BCUT2D eigenvalue weighted by Crippen LogP contribution is -2.20. The van der Waals surface area contributed by atoms with Crippen molar-refractivity contribution in [1.82, 2.24) is 4.98 Å². The van der Waals surface area contributed by atoms with Crippen LogP contribution in [0.15, 0.2) is 18.2 Å². The third kappa shape index (κ3) is 4.20. The molecular formula is C15H16ClN3O3S. The number of urea groups is 1. The van der Waals surface area contributed by atoms with Crippen LogP contribution in [0.5, 0.6) is 0 Å². The van der Waals surface area contributed by atoms with E-state index in [1.54, 1.807) is 26.0 Å².